The summed E-state index contributed by atoms with van der Waals surface area (Å²) in [7, 11) is 1.24. The number of anilines is 1. The van der Waals surface area contributed by atoms with Crippen molar-refractivity contribution in [2.24, 2.45) is 0 Å². The Bertz CT molecular complexity index is 525. The lowest BCUT2D eigenvalue weighted by Gasteiger charge is -2.26. The average molecular weight is 288 g/mol. The van der Waals surface area contributed by atoms with E-state index in [0.29, 0.717) is 5.69 Å². The Morgan fingerprint density at radius 3 is 2.74 bits per heavy atom. The van der Waals surface area contributed by atoms with E-state index in [-0.39, 0.29) is 17.1 Å². The van der Waals surface area contributed by atoms with E-state index < -0.39 is 11.5 Å². The minimum absolute atomic E-state index is 0.0143. The molecule has 0 saturated heterocycles. The van der Waals surface area contributed by atoms with E-state index in [1.165, 1.54) is 13.3 Å². The largest absolute Gasteiger partial charge is 0.468 e. The second-order valence-electron chi connectivity index (χ2n) is 4.77. The second kappa shape index (κ2) is 6.06. The van der Waals surface area contributed by atoms with Crippen molar-refractivity contribution in [3.05, 3.63) is 21.6 Å². The molecule has 19 heavy (non-hydrogen) atoms. The molecule has 0 amide bonds. The number of aromatic nitrogens is 2. The number of rotatable bonds is 5. The molecule has 1 N–H and O–H groups in total. The van der Waals surface area contributed by atoms with Gasteiger partial charge in [0.05, 0.1) is 19.0 Å². The first-order valence-corrected chi connectivity index (χ1v) is 6.29. The average Bonchev–Trinajstić information content (AvgIpc) is 2.38. The van der Waals surface area contributed by atoms with Gasteiger partial charge < -0.3 is 10.1 Å². The van der Waals surface area contributed by atoms with E-state index in [1.54, 1.807) is 0 Å². The van der Waals surface area contributed by atoms with E-state index in [2.05, 4.69) is 15.2 Å². The molecule has 0 aromatic carbocycles. The summed E-state index contributed by atoms with van der Waals surface area (Å²) in [6.45, 7) is 5.74. The standard InChI is InChI=1S/C12H18ClN3O3/c1-5-12(2,3)15-8-6-14-16(7-9(17)19-4)11(18)10(8)13/h6,15H,5,7H2,1-4H3. The number of ether oxygens (including phenoxy) is 1. The summed E-state index contributed by atoms with van der Waals surface area (Å²) in [6.07, 6.45) is 2.29. The van der Waals surface area contributed by atoms with E-state index in [9.17, 15) is 9.59 Å². The third kappa shape index (κ3) is 3.96. The van der Waals surface area contributed by atoms with Gasteiger partial charge in [0, 0.05) is 5.54 Å². The first-order chi connectivity index (χ1) is 8.80. The molecule has 0 radical (unpaired) electrons. The van der Waals surface area contributed by atoms with Gasteiger partial charge in [-0.05, 0) is 20.3 Å². The van der Waals surface area contributed by atoms with Gasteiger partial charge in [0.15, 0.2) is 0 Å². The van der Waals surface area contributed by atoms with Crippen molar-refractivity contribution in [3.8, 4) is 0 Å². The molecule has 6 nitrogen and oxygen atoms in total. The molecule has 1 heterocycles. The maximum Gasteiger partial charge on any atom is 0.327 e. The van der Waals surface area contributed by atoms with Crippen LogP contribution in [-0.4, -0.2) is 28.4 Å². The van der Waals surface area contributed by atoms with Gasteiger partial charge in [-0.1, -0.05) is 18.5 Å². The van der Waals surface area contributed by atoms with Crippen molar-refractivity contribution < 1.29 is 9.53 Å². The predicted octanol–water partition coefficient (Wildman–Crippen LogP) is 1.67. The van der Waals surface area contributed by atoms with Crippen molar-refractivity contribution >= 4 is 23.3 Å². The van der Waals surface area contributed by atoms with Crippen LogP contribution in [0.3, 0.4) is 0 Å². The number of halogens is 1. The zero-order chi connectivity index (χ0) is 14.6. The lowest BCUT2D eigenvalue weighted by atomic mass is 10.0. The summed E-state index contributed by atoms with van der Waals surface area (Å²) in [5.41, 5.74) is -0.268. The van der Waals surface area contributed by atoms with E-state index >= 15 is 0 Å². The lowest BCUT2D eigenvalue weighted by Crippen LogP contribution is -2.33. The number of methoxy groups -OCH3 is 1. The molecular formula is C12H18ClN3O3. The third-order valence-electron chi connectivity index (χ3n) is 2.85. The number of carbonyl (C=O) groups excluding carboxylic acids is 1. The van der Waals surface area contributed by atoms with Gasteiger partial charge in [0.2, 0.25) is 0 Å². The molecule has 1 rings (SSSR count). The molecule has 0 spiro atoms. The fourth-order valence-electron chi connectivity index (χ4n) is 1.30. The molecule has 0 unspecified atom stereocenters. The molecule has 0 aliphatic carbocycles. The SMILES string of the molecule is CCC(C)(C)Nc1cnn(CC(=O)OC)c(=O)c1Cl. The summed E-state index contributed by atoms with van der Waals surface area (Å²) < 4.78 is 5.45. The molecule has 0 saturated carbocycles. The molecule has 0 fully saturated rings. The molecule has 0 atom stereocenters. The Morgan fingerprint density at radius 1 is 1.58 bits per heavy atom. The molecule has 0 aliphatic heterocycles. The topological polar surface area (TPSA) is 73.2 Å². The van der Waals surface area contributed by atoms with Gasteiger partial charge >= 0.3 is 5.97 Å². The van der Waals surface area contributed by atoms with E-state index in [1.807, 2.05) is 20.8 Å². The summed E-state index contributed by atoms with van der Waals surface area (Å²) in [6, 6.07) is 0. The fraction of sp³-hybridized carbons (Fsp3) is 0.583. The van der Waals surface area contributed by atoms with Gasteiger partial charge in [-0.2, -0.15) is 5.10 Å². The van der Waals surface area contributed by atoms with Gasteiger partial charge in [-0.15, -0.1) is 0 Å². The summed E-state index contributed by atoms with van der Waals surface area (Å²) in [5.74, 6) is -0.555. The molecule has 1 aromatic heterocycles. The second-order valence-corrected chi connectivity index (χ2v) is 5.15. The van der Waals surface area contributed by atoms with Crippen LogP contribution >= 0.6 is 11.6 Å². The van der Waals surface area contributed by atoms with E-state index in [0.717, 1.165) is 11.1 Å². The fourth-order valence-corrected chi connectivity index (χ4v) is 1.50. The Hall–Kier alpha value is -1.56. The van der Waals surface area contributed by atoms with Crippen LogP contribution in [0.25, 0.3) is 0 Å². The van der Waals surface area contributed by atoms with Crippen LogP contribution in [0.5, 0.6) is 0 Å². The number of nitrogens with one attached hydrogen (secondary N) is 1. The first kappa shape index (κ1) is 15.5. The zero-order valence-corrected chi connectivity index (χ0v) is 12.2. The first-order valence-electron chi connectivity index (χ1n) is 5.91. The van der Waals surface area contributed by atoms with E-state index in [4.69, 9.17) is 11.6 Å². The van der Waals surface area contributed by atoms with Crippen LogP contribution in [0.4, 0.5) is 5.69 Å². The number of hydrogen-bond donors (Lipinski definition) is 1. The van der Waals surface area contributed by atoms with Crippen LogP contribution in [0, 0.1) is 0 Å². The minimum atomic E-state index is -0.555. The minimum Gasteiger partial charge on any atom is -0.468 e. The lowest BCUT2D eigenvalue weighted by molar-refractivity contribution is -0.141. The maximum absolute atomic E-state index is 11.9. The Morgan fingerprint density at radius 2 is 2.21 bits per heavy atom. The monoisotopic (exact) mass is 287 g/mol. The Balaban J connectivity index is 3.05. The smallest absolute Gasteiger partial charge is 0.327 e. The highest BCUT2D eigenvalue weighted by Gasteiger charge is 2.18. The van der Waals surface area contributed by atoms with Crippen LogP contribution in [0.2, 0.25) is 5.02 Å². The number of carbonyl (C=O) groups is 1. The van der Waals surface area contributed by atoms with Crippen LogP contribution < -0.4 is 10.9 Å². The van der Waals surface area contributed by atoms with Crippen LogP contribution in [0.15, 0.2) is 11.0 Å². The number of nitrogens with zero attached hydrogens (tertiary/aromatic N) is 2. The van der Waals surface area contributed by atoms with Crippen molar-refractivity contribution in [1.29, 1.82) is 0 Å². The third-order valence-corrected chi connectivity index (χ3v) is 3.21. The highest BCUT2D eigenvalue weighted by atomic mass is 35.5. The molecular weight excluding hydrogens is 270 g/mol. The number of esters is 1. The summed E-state index contributed by atoms with van der Waals surface area (Å²) >= 11 is 6.00. The van der Waals surface area contributed by atoms with Gasteiger partial charge in [-0.3, -0.25) is 9.59 Å². The van der Waals surface area contributed by atoms with Gasteiger partial charge in [0.1, 0.15) is 11.6 Å². The van der Waals surface area contributed by atoms with Crippen molar-refractivity contribution in [3.63, 3.8) is 0 Å². The highest BCUT2D eigenvalue weighted by Crippen LogP contribution is 2.21. The van der Waals surface area contributed by atoms with Crippen LogP contribution in [-0.2, 0) is 16.1 Å². The van der Waals surface area contributed by atoms with Crippen molar-refractivity contribution in [2.45, 2.75) is 39.3 Å². The molecule has 0 aliphatic rings. The summed E-state index contributed by atoms with van der Waals surface area (Å²) in [4.78, 5) is 23.1. The van der Waals surface area contributed by atoms with Gasteiger partial charge in [0.25, 0.3) is 5.56 Å². The predicted molar refractivity (Wildman–Crippen MR) is 73.5 cm³/mol. The zero-order valence-electron chi connectivity index (χ0n) is 11.5. The number of hydrogen-bond acceptors (Lipinski definition) is 5. The Labute approximate surface area is 116 Å². The molecule has 1 aromatic rings. The van der Waals surface area contributed by atoms with Crippen molar-refractivity contribution in [2.75, 3.05) is 12.4 Å². The molecule has 7 heteroatoms. The molecule has 0 bridgehead atoms. The Kier molecular flexibility index (Phi) is 4.94. The maximum atomic E-state index is 11.9. The normalized spacial score (nSPS) is 11.2. The highest BCUT2D eigenvalue weighted by molar-refractivity contribution is 6.32. The quantitative estimate of drug-likeness (QED) is 0.834. The van der Waals surface area contributed by atoms with Crippen molar-refractivity contribution in [1.82, 2.24) is 9.78 Å². The molecule has 106 valence electrons. The summed E-state index contributed by atoms with van der Waals surface area (Å²) in [5, 5.41) is 7.06. The van der Waals surface area contributed by atoms with Crippen LogP contribution in [0.1, 0.15) is 27.2 Å². The van der Waals surface area contributed by atoms with Gasteiger partial charge in [-0.25, -0.2) is 4.68 Å².